The van der Waals surface area contributed by atoms with Gasteiger partial charge in [-0.05, 0) is 50.5 Å². The number of carbonyl (C=O) groups excluding carboxylic acids is 4. The molecule has 3 aliphatic carbocycles. The van der Waals surface area contributed by atoms with Gasteiger partial charge in [-0.3, -0.25) is 14.4 Å². The summed E-state index contributed by atoms with van der Waals surface area (Å²) in [5.74, 6) is -4.09. The maximum absolute atomic E-state index is 14.0. The topological polar surface area (TPSA) is 175 Å². The number of esters is 4. The van der Waals surface area contributed by atoms with E-state index >= 15 is 0 Å². The molecule has 12 nitrogen and oxygen atoms in total. The van der Waals surface area contributed by atoms with Crippen molar-refractivity contribution in [3.05, 3.63) is 47.0 Å². The van der Waals surface area contributed by atoms with Gasteiger partial charge in [-0.25, -0.2) is 4.79 Å². The first-order chi connectivity index (χ1) is 20.9. The molecule has 0 spiro atoms. The fourth-order valence-corrected chi connectivity index (χ4v) is 8.71. The third-order valence-corrected chi connectivity index (χ3v) is 10.5. The van der Waals surface area contributed by atoms with Gasteiger partial charge in [-0.1, -0.05) is 25.1 Å². The van der Waals surface area contributed by atoms with Crippen LogP contribution in [0, 0.1) is 16.7 Å². The van der Waals surface area contributed by atoms with Crippen molar-refractivity contribution in [3.63, 3.8) is 0 Å². The number of hydrogen-bond donors (Lipinski definition) is 3. The van der Waals surface area contributed by atoms with Gasteiger partial charge in [-0.2, -0.15) is 0 Å². The summed E-state index contributed by atoms with van der Waals surface area (Å²) in [6, 6.07) is 8.14. The Balaban J connectivity index is 1.90. The maximum atomic E-state index is 14.0. The van der Waals surface area contributed by atoms with E-state index in [0.717, 1.165) is 6.92 Å². The van der Waals surface area contributed by atoms with Crippen LogP contribution in [0.25, 0.3) is 0 Å². The third-order valence-electron chi connectivity index (χ3n) is 10.5. The first kappa shape index (κ1) is 33.1. The molecule has 1 saturated heterocycles. The molecule has 12 heteroatoms. The summed E-state index contributed by atoms with van der Waals surface area (Å²) in [6.07, 6.45) is -7.93. The Labute approximate surface area is 261 Å². The maximum Gasteiger partial charge on any atom is 0.338 e. The molecule has 3 fully saturated rings. The minimum Gasteiger partial charge on any atom is -0.462 e. The monoisotopic (exact) mass is 630 g/mol. The highest BCUT2D eigenvalue weighted by molar-refractivity contribution is 5.89. The van der Waals surface area contributed by atoms with Crippen molar-refractivity contribution in [2.45, 2.75) is 109 Å². The number of benzene rings is 1. The van der Waals surface area contributed by atoms with Gasteiger partial charge in [-0.15, -0.1) is 0 Å². The van der Waals surface area contributed by atoms with Crippen molar-refractivity contribution >= 4 is 23.9 Å². The van der Waals surface area contributed by atoms with Crippen molar-refractivity contribution in [1.82, 2.24) is 0 Å². The predicted molar refractivity (Wildman–Crippen MR) is 155 cm³/mol. The van der Waals surface area contributed by atoms with Crippen LogP contribution >= 0.6 is 0 Å². The van der Waals surface area contributed by atoms with E-state index in [1.54, 1.807) is 44.2 Å². The molecule has 0 bridgehead atoms. The molecule has 3 N–H and O–H groups in total. The standard InChI is InChI=1S/C33H42O12/c1-16-21(37)14-32(30(5,6)40)24(16)25(38)27(43-18(3)35)31(7)22(42-17(2)34)13-23-33(15-41-23,45-19(4)36)26(31)28(32)44-29(39)20-11-9-8-10-12-20/h8-12,21-23,25-28,37-38,40H,13-15H2,1-7H3/t21-,22?,23+,25+,26?,27-,28-,31+,32-,33-/m0/s1. The Morgan fingerprint density at radius 3 is 2.07 bits per heavy atom. The molecule has 0 aromatic heterocycles. The zero-order valence-corrected chi connectivity index (χ0v) is 26.6. The van der Waals surface area contributed by atoms with Crippen molar-refractivity contribution < 1.29 is 58.2 Å². The van der Waals surface area contributed by atoms with Crippen LogP contribution in [0.15, 0.2) is 41.5 Å². The number of rotatable bonds is 6. The summed E-state index contributed by atoms with van der Waals surface area (Å²) in [6.45, 7) is 9.64. The Hall–Kier alpha value is -3.32. The molecule has 2 unspecified atom stereocenters. The van der Waals surface area contributed by atoms with Gasteiger partial charge in [0, 0.05) is 27.2 Å². The van der Waals surface area contributed by atoms with Crippen LogP contribution in [-0.4, -0.2) is 93.6 Å². The van der Waals surface area contributed by atoms with E-state index < -0.39 is 88.5 Å². The average Bonchev–Trinajstić information content (AvgIpc) is 3.18. The highest BCUT2D eigenvalue weighted by Crippen LogP contribution is 2.68. The summed E-state index contributed by atoms with van der Waals surface area (Å²) in [5.41, 5.74) is -6.04. The number of fused-ring (bicyclic) bond motifs is 4. The fourth-order valence-electron chi connectivity index (χ4n) is 8.71. The minimum atomic E-state index is -1.80. The van der Waals surface area contributed by atoms with E-state index in [1.807, 2.05) is 0 Å². The molecule has 0 amide bonds. The van der Waals surface area contributed by atoms with Crippen LogP contribution in [0.5, 0.6) is 0 Å². The van der Waals surface area contributed by atoms with Gasteiger partial charge >= 0.3 is 23.9 Å². The molecular formula is C33H42O12. The summed E-state index contributed by atoms with van der Waals surface area (Å²) in [4.78, 5) is 52.1. The molecule has 1 aromatic carbocycles. The van der Waals surface area contributed by atoms with Gasteiger partial charge in [0.25, 0.3) is 0 Å². The Bertz CT molecular complexity index is 1410. The van der Waals surface area contributed by atoms with E-state index in [9.17, 15) is 34.5 Å². The number of hydrogen-bond acceptors (Lipinski definition) is 12. The van der Waals surface area contributed by atoms with Crippen LogP contribution in [-0.2, 0) is 38.1 Å². The summed E-state index contributed by atoms with van der Waals surface area (Å²) in [7, 11) is 0. The number of aliphatic hydroxyl groups is 3. The average molecular weight is 631 g/mol. The van der Waals surface area contributed by atoms with E-state index in [1.165, 1.54) is 27.7 Å². The minimum absolute atomic E-state index is 0.000130. The second-order valence-corrected chi connectivity index (χ2v) is 13.5. The lowest BCUT2D eigenvalue weighted by molar-refractivity contribution is -0.352. The third kappa shape index (κ3) is 4.88. The second kappa shape index (κ2) is 11.2. The molecule has 0 radical (unpaired) electrons. The SMILES string of the molecule is CC(=O)OC1C[C@H]2OC[C@@]2(OC(C)=O)C2[C@H](OC(=O)c3ccccc3)[C@]3(C(C)(C)O)C[C@H](O)C(C)=C3[C@@H](O)[C@H](OC(C)=O)[C@]12C. The van der Waals surface area contributed by atoms with Crippen LogP contribution in [0.2, 0.25) is 0 Å². The summed E-state index contributed by atoms with van der Waals surface area (Å²) in [5, 5.41) is 35.9. The van der Waals surface area contributed by atoms with E-state index in [-0.39, 0.29) is 30.6 Å². The molecule has 1 heterocycles. The zero-order chi connectivity index (χ0) is 33.3. The molecule has 10 atom stereocenters. The van der Waals surface area contributed by atoms with E-state index in [2.05, 4.69) is 0 Å². The largest absolute Gasteiger partial charge is 0.462 e. The van der Waals surface area contributed by atoms with Crippen molar-refractivity contribution in [3.8, 4) is 0 Å². The zero-order valence-electron chi connectivity index (χ0n) is 26.6. The number of aliphatic hydroxyl groups excluding tert-OH is 2. The Kier molecular flexibility index (Phi) is 8.21. The predicted octanol–water partition coefficient (Wildman–Crippen LogP) is 2.02. The smallest absolute Gasteiger partial charge is 0.338 e. The molecule has 246 valence electrons. The molecular weight excluding hydrogens is 588 g/mol. The molecule has 2 saturated carbocycles. The van der Waals surface area contributed by atoms with Gasteiger partial charge in [0.05, 0.1) is 40.6 Å². The van der Waals surface area contributed by atoms with Crippen molar-refractivity contribution in [2.24, 2.45) is 16.7 Å². The lowest BCUT2D eigenvalue weighted by Gasteiger charge is -2.65. The Morgan fingerprint density at radius 2 is 1.56 bits per heavy atom. The van der Waals surface area contributed by atoms with Crippen LogP contribution in [0.1, 0.15) is 71.7 Å². The van der Waals surface area contributed by atoms with Gasteiger partial charge in [0.2, 0.25) is 0 Å². The normalized spacial score (nSPS) is 38.8. The fraction of sp³-hybridized carbons (Fsp3) is 0.636. The lowest BCUT2D eigenvalue weighted by atomic mass is 9.49. The quantitative estimate of drug-likeness (QED) is 0.237. The van der Waals surface area contributed by atoms with Gasteiger partial charge in [0.1, 0.15) is 30.5 Å². The highest BCUT2D eigenvalue weighted by Gasteiger charge is 2.80. The number of carbonyl (C=O) groups is 4. The highest BCUT2D eigenvalue weighted by atomic mass is 16.6. The first-order valence-corrected chi connectivity index (χ1v) is 15.1. The lowest BCUT2D eigenvalue weighted by Crippen LogP contribution is -2.79. The van der Waals surface area contributed by atoms with E-state index in [4.69, 9.17) is 23.7 Å². The van der Waals surface area contributed by atoms with Crippen LogP contribution < -0.4 is 0 Å². The molecule has 5 rings (SSSR count). The van der Waals surface area contributed by atoms with E-state index in [0.29, 0.717) is 5.57 Å². The first-order valence-electron chi connectivity index (χ1n) is 15.1. The van der Waals surface area contributed by atoms with Crippen LogP contribution in [0.4, 0.5) is 0 Å². The molecule has 4 aliphatic rings. The van der Waals surface area contributed by atoms with Crippen molar-refractivity contribution in [1.29, 1.82) is 0 Å². The summed E-state index contributed by atoms with van der Waals surface area (Å²) < 4.78 is 30.3. The molecule has 45 heavy (non-hydrogen) atoms. The molecule has 1 aliphatic heterocycles. The van der Waals surface area contributed by atoms with Gasteiger partial charge < -0.3 is 39.0 Å². The summed E-state index contributed by atoms with van der Waals surface area (Å²) >= 11 is 0. The second-order valence-electron chi connectivity index (χ2n) is 13.5. The number of ether oxygens (including phenoxy) is 5. The van der Waals surface area contributed by atoms with Crippen molar-refractivity contribution in [2.75, 3.05) is 6.61 Å². The molecule has 1 aromatic rings. The Morgan fingerprint density at radius 1 is 0.933 bits per heavy atom. The van der Waals surface area contributed by atoms with Gasteiger partial charge in [0.15, 0.2) is 5.60 Å². The van der Waals surface area contributed by atoms with Crippen LogP contribution in [0.3, 0.4) is 0 Å².